The van der Waals surface area contributed by atoms with Gasteiger partial charge < -0.3 is 18.6 Å². The van der Waals surface area contributed by atoms with Crippen molar-refractivity contribution in [2.45, 2.75) is 25.2 Å². The smallest absolute Gasteiger partial charge is 0.270 e. The molecule has 0 amide bonds. The van der Waals surface area contributed by atoms with E-state index in [0.717, 1.165) is 65.9 Å². The van der Waals surface area contributed by atoms with E-state index in [0.29, 0.717) is 6.61 Å². The topological polar surface area (TPSA) is 84.3 Å². The lowest BCUT2D eigenvalue weighted by Crippen LogP contribution is -2.35. The van der Waals surface area contributed by atoms with Gasteiger partial charge in [0.2, 0.25) is 0 Å². The van der Waals surface area contributed by atoms with Gasteiger partial charge in [0.1, 0.15) is 17.1 Å². The largest absolute Gasteiger partial charge is 0.440 e. The number of ether oxygens (including phenoxy) is 1. The molecule has 0 bridgehead atoms. The fourth-order valence-electron chi connectivity index (χ4n) is 4.80. The lowest BCUT2D eigenvalue weighted by Gasteiger charge is -2.33. The number of rotatable bonds is 5. The monoisotopic (exact) mass is 442 g/mol. The molecular weight excluding hydrogens is 416 g/mol. The fourth-order valence-corrected chi connectivity index (χ4v) is 4.80. The van der Waals surface area contributed by atoms with Gasteiger partial charge in [-0.15, -0.1) is 0 Å². The Bertz CT molecular complexity index is 1420. The van der Waals surface area contributed by atoms with Crippen LogP contribution >= 0.6 is 0 Å². The number of pyridine rings is 1. The summed E-state index contributed by atoms with van der Waals surface area (Å²) in [6.45, 7) is 2.14. The Labute approximate surface area is 191 Å². The summed E-state index contributed by atoms with van der Waals surface area (Å²) in [6.07, 6.45) is 2.54. The highest BCUT2D eigenvalue weighted by Crippen LogP contribution is 2.35. The van der Waals surface area contributed by atoms with Gasteiger partial charge in [-0.2, -0.15) is 5.26 Å². The van der Waals surface area contributed by atoms with Gasteiger partial charge in [0.05, 0.1) is 17.8 Å². The van der Waals surface area contributed by atoms with E-state index in [4.69, 9.17) is 14.1 Å². The standard InChI is InChI=1S/C26H26N4O3/c1-29-22-6-4-3-5-19(22)24(20(16-27)26(29)31)30-12-9-18(10-13-30)25-28-21-15-17(11-14-32-2)7-8-23(21)33-25/h3-8,15,18H,9-14H2,1-2H3. The number of aryl methyl sites for hydroxylation is 1. The van der Waals surface area contributed by atoms with Crippen LogP contribution in [-0.4, -0.2) is 36.4 Å². The zero-order valence-electron chi connectivity index (χ0n) is 18.9. The molecule has 7 nitrogen and oxygen atoms in total. The van der Waals surface area contributed by atoms with Crippen molar-refractivity contribution in [3.05, 3.63) is 69.8 Å². The number of hydrogen-bond acceptors (Lipinski definition) is 6. The molecule has 0 spiro atoms. The maximum absolute atomic E-state index is 12.8. The van der Waals surface area contributed by atoms with Crippen molar-refractivity contribution in [1.82, 2.24) is 9.55 Å². The third-order valence-electron chi connectivity index (χ3n) is 6.61. The van der Waals surface area contributed by atoms with Crippen LogP contribution in [0.2, 0.25) is 0 Å². The zero-order chi connectivity index (χ0) is 22.9. The van der Waals surface area contributed by atoms with Crippen molar-refractivity contribution in [1.29, 1.82) is 5.26 Å². The third-order valence-corrected chi connectivity index (χ3v) is 6.61. The van der Waals surface area contributed by atoms with Crippen LogP contribution in [0.5, 0.6) is 0 Å². The Balaban J connectivity index is 1.41. The molecule has 0 atom stereocenters. The minimum atomic E-state index is -0.253. The molecule has 3 heterocycles. The van der Waals surface area contributed by atoms with Crippen molar-refractivity contribution in [3.8, 4) is 6.07 Å². The first-order valence-corrected chi connectivity index (χ1v) is 11.3. The van der Waals surface area contributed by atoms with Crippen LogP contribution < -0.4 is 10.5 Å². The molecule has 2 aromatic heterocycles. The Kier molecular flexibility index (Phi) is 5.61. The molecule has 5 rings (SSSR count). The SMILES string of the molecule is COCCc1ccc2oc(C3CCN(c4c(C#N)c(=O)n(C)c5ccccc45)CC3)nc2c1. The summed E-state index contributed by atoms with van der Waals surface area (Å²) in [5.74, 6) is 0.974. The molecule has 2 aromatic carbocycles. The molecular formula is C26H26N4O3. The van der Waals surface area contributed by atoms with Crippen LogP contribution in [0.4, 0.5) is 5.69 Å². The molecule has 7 heteroatoms. The average molecular weight is 443 g/mol. The molecule has 0 aliphatic carbocycles. The second-order valence-electron chi connectivity index (χ2n) is 8.58. The van der Waals surface area contributed by atoms with Crippen LogP contribution in [-0.2, 0) is 18.2 Å². The lowest BCUT2D eigenvalue weighted by molar-refractivity contribution is 0.202. The van der Waals surface area contributed by atoms with E-state index < -0.39 is 0 Å². The molecule has 0 radical (unpaired) electrons. The summed E-state index contributed by atoms with van der Waals surface area (Å²) in [6, 6.07) is 16.0. The van der Waals surface area contributed by atoms with E-state index in [9.17, 15) is 10.1 Å². The summed E-state index contributed by atoms with van der Waals surface area (Å²) < 4.78 is 12.8. The van der Waals surface area contributed by atoms with Gasteiger partial charge in [-0.3, -0.25) is 4.79 Å². The molecule has 1 saturated heterocycles. The Hall–Kier alpha value is -3.63. The van der Waals surface area contributed by atoms with E-state index in [-0.39, 0.29) is 17.0 Å². The van der Waals surface area contributed by atoms with E-state index >= 15 is 0 Å². The first-order chi connectivity index (χ1) is 16.1. The summed E-state index contributed by atoms with van der Waals surface area (Å²) in [5, 5.41) is 10.7. The highest BCUT2D eigenvalue weighted by atomic mass is 16.5. The quantitative estimate of drug-likeness (QED) is 0.462. The van der Waals surface area contributed by atoms with Crippen molar-refractivity contribution in [2.75, 3.05) is 31.7 Å². The third kappa shape index (κ3) is 3.77. The Morgan fingerprint density at radius 1 is 1.21 bits per heavy atom. The second-order valence-corrected chi connectivity index (χ2v) is 8.58. The molecule has 168 valence electrons. The van der Waals surface area contributed by atoms with Gasteiger partial charge in [-0.05, 0) is 43.0 Å². The molecule has 0 N–H and O–H groups in total. The number of hydrogen-bond donors (Lipinski definition) is 0. The maximum Gasteiger partial charge on any atom is 0.270 e. The number of aromatic nitrogens is 2. The molecule has 0 saturated carbocycles. The van der Waals surface area contributed by atoms with E-state index in [1.54, 1.807) is 18.7 Å². The van der Waals surface area contributed by atoms with Gasteiger partial charge in [0.15, 0.2) is 11.5 Å². The van der Waals surface area contributed by atoms with Gasteiger partial charge in [0, 0.05) is 38.6 Å². The van der Waals surface area contributed by atoms with Crippen LogP contribution in [0.15, 0.2) is 51.7 Å². The number of para-hydroxylation sites is 1. The number of methoxy groups -OCH3 is 1. The van der Waals surface area contributed by atoms with E-state index in [1.165, 1.54) is 5.56 Å². The highest BCUT2D eigenvalue weighted by molar-refractivity contribution is 5.95. The van der Waals surface area contributed by atoms with Crippen LogP contribution in [0.1, 0.15) is 35.8 Å². The fraction of sp³-hybridized carbons (Fsp3) is 0.346. The number of fused-ring (bicyclic) bond motifs is 2. The van der Waals surface area contributed by atoms with E-state index in [1.807, 2.05) is 30.3 Å². The Morgan fingerprint density at radius 2 is 2.00 bits per heavy atom. The molecule has 33 heavy (non-hydrogen) atoms. The number of benzene rings is 2. The van der Waals surface area contributed by atoms with E-state index in [2.05, 4.69) is 23.1 Å². The number of oxazole rings is 1. The summed E-state index contributed by atoms with van der Waals surface area (Å²) in [7, 11) is 3.42. The Morgan fingerprint density at radius 3 is 2.76 bits per heavy atom. The van der Waals surface area contributed by atoms with Crippen LogP contribution in [0.3, 0.4) is 0 Å². The molecule has 1 aliphatic rings. The van der Waals surface area contributed by atoms with Crippen molar-refractivity contribution >= 4 is 27.7 Å². The van der Waals surface area contributed by atoms with Gasteiger partial charge in [-0.1, -0.05) is 24.3 Å². The van der Waals surface area contributed by atoms with Gasteiger partial charge >= 0.3 is 0 Å². The number of anilines is 1. The van der Waals surface area contributed by atoms with Crippen molar-refractivity contribution < 1.29 is 9.15 Å². The molecule has 1 aliphatic heterocycles. The summed E-state index contributed by atoms with van der Waals surface area (Å²) >= 11 is 0. The molecule has 1 fully saturated rings. The number of piperidine rings is 1. The first-order valence-electron chi connectivity index (χ1n) is 11.3. The normalized spacial score (nSPS) is 14.8. The minimum Gasteiger partial charge on any atom is -0.440 e. The maximum atomic E-state index is 12.8. The van der Waals surface area contributed by atoms with Crippen molar-refractivity contribution in [3.63, 3.8) is 0 Å². The average Bonchev–Trinajstić information content (AvgIpc) is 3.28. The van der Waals surface area contributed by atoms with Gasteiger partial charge in [0.25, 0.3) is 5.56 Å². The summed E-state index contributed by atoms with van der Waals surface area (Å²) in [4.78, 5) is 19.8. The number of nitrogens with zero attached hydrogens (tertiary/aromatic N) is 4. The lowest BCUT2D eigenvalue weighted by atomic mass is 9.95. The van der Waals surface area contributed by atoms with Gasteiger partial charge in [-0.25, -0.2) is 4.98 Å². The van der Waals surface area contributed by atoms with Crippen LogP contribution in [0.25, 0.3) is 22.0 Å². The number of nitriles is 1. The molecule has 0 unspecified atom stereocenters. The second kappa shape index (κ2) is 8.72. The minimum absolute atomic E-state index is 0.208. The highest BCUT2D eigenvalue weighted by Gasteiger charge is 2.28. The van der Waals surface area contributed by atoms with Crippen molar-refractivity contribution in [2.24, 2.45) is 7.05 Å². The van der Waals surface area contributed by atoms with Crippen LogP contribution in [0, 0.1) is 11.3 Å². The predicted octanol–water partition coefficient (Wildman–Crippen LogP) is 4.12. The molecule has 4 aromatic rings. The summed E-state index contributed by atoms with van der Waals surface area (Å²) in [5.41, 5.74) is 4.40. The predicted molar refractivity (Wildman–Crippen MR) is 128 cm³/mol. The first kappa shape index (κ1) is 21.2. The zero-order valence-corrected chi connectivity index (χ0v) is 18.9.